The standard InChI is InChI=1S/C30H28F3N7O2/c1-34-29(41)22-6-2-3-7-24(22)38-25-14-28(36-16-23(25)30(31,32)33)37-19-8-9-26-27(13-19)42-18-21-17-39(11-12-40(21)26)20-5-4-10-35-15-20/h2-10,13-16,21H,11-12,17-18H2,1H3,(H,34,41)(H2,36,37,38). The summed E-state index contributed by atoms with van der Waals surface area (Å²) in [5, 5.41) is 8.38. The van der Waals surface area contributed by atoms with Crippen molar-refractivity contribution in [1.82, 2.24) is 15.3 Å². The van der Waals surface area contributed by atoms with Gasteiger partial charge < -0.3 is 30.5 Å². The Bertz CT molecular complexity index is 1600. The number of para-hydroxylation sites is 1. The number of aromatic nitrogens is 2. The van der Waals surface area contributed by atoms with Crippen molar-refractivity contribution in [3.05, 3.63) is 90.4 Å². The van der Waals surface area contributed by atoms with Crippen LogP contribution in [0.1, 0.15) is 15.9 Å². The normalized spacial score (nSPS) is 16.1. The summed E-state index contributed by atoms with van der Waals surface area (Å²) in [7, 11) is 1.46. The zero-order chi connectivity index (χ0) is 29.3. The van der Waals surface area contributed by atoms with Gasteiger partial charge >= 0.3 is 6.18 Å². The number of nitrogens with one attached hydrogen (secondary N) is 3. The van der Waals surface area contributed by atoms with E-state index in [9.17, 15) is 18.0 Å². The van der Waals surface area contributed by atoms with Gasteiger partial charge in [0.15, 0.2) is 0 Å². The summed E-state index contributed by atoms with van der Waals surface area (Å²) in [5.41, 5.74) is 1.93. The second-order valence-electron chi connectivity index (χ2n) is 9.99. The molecule has 9 nitrogen and oxygen atoms in total. The van der Waals surface area contributed by atoms with E-state index in [1.807, 2.05) is 30.5 Å². The highest BCUT2D eigenvalue weighted by Gasteiger charge is 2.35. The molecule has 2 aliphatic rings. The van der Waals surface area contributed by atoms with Gasteiger partial charge in [0.25, 0.3) is 5.91 Å². The van der Waals surface area contributed by atoms with Crippen molar-refractivity contribution in [1.29, 1.82) is 0 Å². The van der Waals surface area contributed by atoms with Crippen molar-refractivity contribution < 1.29 is 22.7 Å². The molecule has 1 amide bonds. The molecule has 1 unspecified atom stereocenters. The Balaban J connectivity index is 1.22. The Morgan fingerprint density at radius 1 is 1.00 bits per heavy atom. The average Bonchev–Trinajstić information content (AvgIpc) is 3.00. The van der Waals surface area contributed by atoms with Gasteiger partial charge in [-0.2, -0.15) is 13.2 Å². The van der Waals surface area contributed by atoms with Crippen LogP contribution >= 0.6 is 0 Å². The lowest BCUT2D eigenvalue weighted by Gasteiger charge is -2.46. The van der Waals surface area contributed by atoms with E-state index in [-0.39, 0.29) is 28.8 Å². The predicted octanol–water partition coefficient (Wildman–Crippen LogP) is 5.43. The number of nitrogens with zero attached hydrogens (tertiary/aromatic N) is 4. The summed E-state index contributed by atoms with van der Waals surface area (Å²) in [6, 6.07) is 17.4. The molecule has 0 radical (unpaired) electrons. The van der Waals surface area contributed by atoms with Gasteiger partial charge in [-0.3, -0.25) is 9.78 Å². The molecule has 0 bridgehead atoms. The molecule has 0 aliphatic carbocycles. The number of carbonyl (C=O) groups is 1. The third kappa shape index (κ3) is 5.47. The van der Waals surface area contributed by atoms with Crippen LogP contribution in [0.2, 0.25) is 0 Å². The Hall–Kier alpha value is -5.00. The fourth-order valence-corrected chi connectivity index (χ4v) is 5.29. The predicted molar refractivity (Wildman–Crippen MR) is 155 cm³/mol. The summed E-state index contributed by atoms with van der Waals surface area (Å²) in [5.74, 6) is 0.464. The molecule has 1 saturated heterocycles. The molecule has 2 aliphatic heterocycles. The van der Waals surface area contributed by atoms with Crippen molar-refractivity contribution in [3.8, 4) is 5.75 Å². The molecule has 0 spiro atoms. The highest BCUT2D eigenvalue weighted by atomic mass is 19.4. The van der Waals surface area contributed by atoms with Crippen LogP contribution in [0.25, 0.3) is 0 Å². The van der Waals surface area contributed by atoms with Crippen molar-refractivity contribution in [2.24, 2.45) is 0 Å². The van der Waals surface area contributed by atoms with E-state index in [1.54, 1.807) is 24.4 Å². The first kappa shape index (κ1) is 27.2. The van der Waals surface area contributed by atoms with Crippen molar-refractivity contribution >= 4 is 40.2 Å². The van der Waals surface area contributed by atoms with Gasteiger partial charge in [0.05, 0.1) is 46.1 Å². The number of pyridine rings is 2. The number of fused-ring (bicyclic) bond motifs is 3. The molecule has 1 atom stereocenters. The number of carbonyl (C=O) groups excluding carboxylic acids is 1. The summed E-state index contributed by atoms with van der Waals surface area (Å²) in [6.07, 6.45) is -0.265. The summed E-state index contributed by atoms with van der Waals surface area (Å²) in [6.45, 7) is 2.97. The van der Waals surface area contributed by atoms with E-state index in [1.165, 1.54) is 19.2 Å². The SMILES string of the molecule is CNC(=O)c1ccccc1Nc1cc(Nc2ccc3c(c2)OCC2CN(c4cccnc4)CCN32)ncc1C(F)(F)F. The maximum Gasteiger partial charge on any atom is 0.419 e. The highest BCUT2D eigenvalue weighted by Crippen LogP contribution is 2.40. The van der Waals surface area contributed by atoms with Crippen LogP contribution in [0.4, 0.5) is 47.4 Å². The summed E-state index contributed by atoms with van der Waals surface area (Å²) >= 11 is 0. The second-order valence-corrected chi connectivity index (χ2v) is 9.99. The molecular weight excluding hydrogens is 547 g/mol. The Morgan fingerprint density at radius 2 is 1.86 bits per heavy atom. The van der Waals surface area contributed by atoms with Crippen molar-refractivity contribution in [2.75, 3.05) is 53.7 Å². The molecule has 42 heavy (non-hydrogen) atoms. The van der Waals surface area contributed by atoms with Gasteiger partial charge in [0.1, 0.15) is 18.2 Å². The Morgan fingerprint density at radius 3 is 2.64 bits per heavy atom. The maximum absolute atomic E-state index is 13.9. The molecule has 3 N–H and O–H groups in total. The number of hydrogen-bond acceptors (Lipinski definition) is 8. The van der Waals surface area contributed by atoms with E-state index in [2.05, 4.69) is 41.8 Å². The Kier molecular flexibility index (Phi) is 7.19. The van der Waals surface area contributed by atoms with Crippen LogP contribution < -0.4 is 30.5 Å². The van der Waals surface area contributed by atoms with Crippen molar-refractivity contribution in [3.63, 3.8) is 0 Å². The highest BCUT2D eigenvalue weighted by molar-refractivity contribution is 6.00. The molecule has 1 fully saturated rings. The van der Waals surface area contributed by atoms with E-state index in [4.69, 9.17) is 4.74 Å². The third-order valence-corrected chi connectivity index (χ3v) is 7.34. The van der Waals surface area contributed by atoms with E-state index >= 15 is 0 Å². The number of ether oxygens (including phenoxy) is 1. The maximum atomic E-state index is 13.9. The average molecular weight is 576 g/mol. The minimum atomic E-state index is -4.66. The zero-order valence-corrected chi connectivity index (χ0v) is 22.7. The number of hydrogen-bond donors (Lipinski definition) is 3. The van der Waals surface area contributed by atoms with Crippen LogP contribution in [-0.4, -0.2) is 55.2 Å². The first-order valence-corrected chi connectivity index (χ1v) is 13.4. The van der Waals surface area contributed by atoms with Crippen LogP contribution in [0, 0.1) is 0 Å². The fourth-order valence-electron chi connectivity index (χ4n) is 5.29. The lowest BCUT2D eigenvalue weighted by atomic mass is 10.1. The lowest BCUT2D eigenvalue weighted by Crippen LogP contribution is -2.57. The van der Waals surface area contributed by atoms with Gasteiger partial charge in [-0.05, 0) is 36.4 Å². The molecule has 2 aromatic heterocycles. The van der Waals surface area contributed by atoms with Crippen LogP contribution in [0.15, 0.2) is 79.3 Å². The van der Waals surface area contributed by atoms with Crippen molar-refractivity contribution in [2.45, 2.75) is 12.2 Å². The van der Waals surface area contributed by atoms with Gasteiger partial charge in [0.2, 0.25) is 0 Å². The zero-order valence-electron chi connectivity index (χ0n) is 22.7. The summed E-state index contributed by atoms with van der Waals surface area (Å²) in [4.78, 5) is 25.2. The smallest absolute Gasteiger partial charge is 0.419 e. The first-order chi connectivity index (χ1) is 20.3. The Labute approximate surface area is 240 Å². The number of halogens is 3. The van der Waals surface area contributed by atoms with Gasteiger partial charge in [-0.1, -0.05) is 12.1 Å². The number of piperazine rings is 1. The molecule has 12 heteroatoms. The van der Waals surface area contributed by atoms with Crippen LogP contribution in [-0.2, 0) is 6.18 Å². The molecule has 216 valence electrons. The molecular formula is C30H28F3N7O2. The topological polar surface area (TPSA) is 94.6 Å². The minimum absolute atomic E-state index is 0.174. The van der Waals surface area contributed by atoms with Gasteiger partial charge in [-0.25, -0.2) is 4.98 Å². The number of anilines is 6. The van der Waals surface area contributed by atoms with E-state index < -0.39 is 17.6 Å². The lowest BCUT2D eigenvalue weighted by molar-refractivity contribution is -0.137. The number of rotatable bonds is 6. The molecule has 4 aromatic rings. The fraction of sp³-hybridized carbons (Fsp3) is 0.233. The van der Waals surface area contributed by atoms with Crippen LogP contribution in [0.5, 0.6) is 5.75 Å². The quantitative estimate of drug-likeness (QED) is 0.280. The molecule has 4 heterocycles. The van der Waals surface area contributed by atoms with Gasteiger partial charge in [0, 0.05) is 56.9 Å². The third-order valence-electron chi connectivity index (χ3n) is 7.34. The van der Waals surface area contributed by atoms with E-state index in [0.717, 1.165) is 37.2 Å². The number of benzene rings is 2. The summed E-state index contributed by atoms with van der Waals surface area (Å²) < 4.78 is 47.7. The largest absolute Gasteiger partial charge is 0.489 e. The first-order valence-electron chi connectivity index (χ1n) is 13.4. The van der Waals surface area contributed by atoms with Gasteiger partial charge in [-0.15, -0.1) is 0 Å². The molecule has 6 rings (SSSR count). The molecule has 2 aromatic carbocycles. The number of alkyl halides is 3. The molecule has 0 saturated carbocycles. The van der Waals surface area contributed by atoms with Crippen LogP contribution in [0.3, 0.4) is 0 Å². The minimum Gasteiger partial charge on any atom is -0.489 e. The monoisotopic (exact) mass is 575 g/mol. The second kappa shape index (κ2) is 11.1. The number of amides is 1. The van der Waals surface area contributed by atoms with E-state index in [0.29, 0.717) is 18.0 Å².